The van der Waals surface area contributed by atoms with Gasteiger partial charge in [-0.25, -0.2) is 4.79 Å². The first-order chi connectivity index (χ1) is 11.1. The maximum atomic E-state index is 11.9. The fourth-order valence-corrected chi connectivity index (χ4v) is 3.39. The van der Waals surface area contributed by atoms with Crippen LogP contribution in [0.3, 0.4) is 0 Å². The maximum Gasteiger partial charge on any atom is 0.331 e. The molecular weight excluding hydrogens is 378 g/mol. The van der Waals surface area contributed by atoms with Crippen LogP contribution >= 0.6 is 27.7 Å². The van der Waals surface area contributed by atoms with Gasteiger partial charge in [-0.15, -0.1) is 11.8 Å². The standard InChI is InChI=1S/C17H14BrNO3S/c18-14-5-1-12(2-6-14)13-3-7-15(8-4-13)22-17(21)9-19-11-23-10-16(19)20/h1-8H,9-11H2. The highest BCUT2D eigenvalue weighted by Crippen LogP contribution is 2.24. The van der Waals surface area contributed by atoms with E-state index < -0.39 is 5.97 Å². The average molecular weight is 392 g/mol. The molecule has 0 aromatic heterocycles. The molecule has 1 heterocycles. The third-order valence-corrected chi connectivity index (χ3v) is 4.88. The molecule has 0 radical (unpaired) electrons. The molecule has 0 N–H and O–H groups in total. The second kappa shape index (κ2) is 7.19. The molecule has 0 spiro atoms. The first kappa shape index (κ1) is 16.1. The summed E-state index contributed by atoms with van der Waals surface area (Å²) in [6.07, 6.45) is 0. The molecule has 6 heteroatoms. The number of hydrogen-bond acceptors (Lipinski definition) is 4. The highest BCUT2D eigenvalue weighted by molar-refractivity contribution is 9.10. The summed E-state index contributed by atoms with van der Waals surface area (Å²) in [5.41, 5.74) is 2.13. The van der Waals surface area contributed by atoms with E-state index in [1.54, 1.807) is 12.1 Å². The predicted octanol–water partition coefficient (Wildman–Crippen LogP) is 3.55. The van der Waals surface area contributed by atoms with E-state index in [0.717, 1.165) is 15.6 Å². The van der Waals surface area contributed by atoms with E-state index in [1.807, 2.05) is 36.4 Å². The third-order valence-electron chi connectivity index (χ3n) is 3.41. The number of ether oxygens (including phenoxy) is 1. The van der Waals surface area contributed by atoms with Gasteiger partial charge in [0.2, 0.25) is 5.91 Å². The zero-order chi connectivity index (χ0) is 16.2. The van der Waals surface area contributed by atoms with Crippen molar-refractivity contribution in [3.05, 3.63) is 53.0 Å². The number of carbonyl (C=O) groups is 2. The number of carbonyl (C=O) groups excluding carboxylic acids is 2. The van der Waals surface area contributed by atoms with Crippen LogP contribution in [0.5, 0.6) is 5.75 Å². The van der Waals surface area contributed by atoms with E-state index in [0.29, 0.717) is 17.4 Å². The summed E-state index contributed by atoms with van der Waals surface area (Å²) in [5, 5.41) is 0. The molecule has 0 aliphatic carbocycles. The molecule has 1 fully saturated rings. The van der Waals surface area contributed by atoms with Gasteiger partial charge in [-0.2, -0.15) is 0 Å². The van der Waals surface area contributed by atoms with Crippen molar-refractivity contribution in [1.82, 2.24) is 4.90 Å². The Labute approximate surface area is 146 Å². The van der Waals surface area contributed by atoms with Crippen molar-refractivity contribution in [2.75, 3.05) is 18.2 Å². The van der Waals surface area contributed by atoms with Crippen LogP contribution in [-0.2, 0) is 9.59 Å². The molecule has 4 nitrogen and oxygen atoms in total. The van der Waals surface area contributed by atoms with Crippen LogP contribution in [0.15, 0.2) is 53.0 Å². The Kier molecular flexibility index (Phi) is 5.03. The summed E-state index contributed by atoms with van der Waals surface area (Å²) in [5.74, 6) is 1.04. The lowest BCUT2D eigenvalue weighted by molar-refractivity contribution is -0.140. The topological polar surface area (TPSA) is 46.6 Å². The van der Waals surface area contributed by atoms with Gasteiger partial charge in [0.05, 0.1) is 11.6 Å². The molecule has 1 saturated heterocycles. The van der Waals surface area contributed by atoms with E-state index in [4.69, 9.17) is 4.74 Å². The largest absolute Gasteiger partial charge is 0.425 e. The fraction of sp³-hybridized carbons (Fsp3) is 0.176. The first-order valence-corrected chi connectivity index (χ1v) is 8.99. The van der Waals surface area contributed by atoms with Crippen molar-refractivity contribution >= 4 is 39.6 Å². The number of esters is 1. The van der Waals surface area contributed by atoms with Gasteiger partial charge in [0.1, 0.15) is 12.3 Å². The van der Waals surface area contributed by atoms with Crippen molar-refractivity contribution < 1.29 is 14.3 Å². The molecule has 2 aromatic carbocycles. The van der Waals surface area contributed by atoms with Gasteiger partial charge < -0.3 is 9.64 Å². The number of nitrogens with zero attached hydrogens (tertiary/aromatic N) is 1. The van der Waals surface area contributed by atoms with Crippen LogP contribution in [0, 0.1) is 0 Å². The molecule has 0 saturated carbocycles. The molecule has 1 aliphatic heterocycles. The van der Waals surface area contributed by atoms with E-state index in [-0.39, 0.29) is 12.5 Å². The summed E-state index contributed by atoms with van der Waals surface area (Å²) < 4.78 is 6.31. The Morgan fingerprint density at radius 1 is 1.09 bits per heavy atom. The Morgan fingerprint density at radius 3 is 2.26 bits per heavy atom. The van der Waals surface area contributed by atoms with E-state index in [1.165, 1.54) is 16.7 Å². The zero-order valence-corrected chi connectivity index (χ0v) is 14.6. The monoisotopic (exact) mass is 391 g/mol. The molecule has 2 aromatic rings. The average Bonchev–Trinajstić information content (AvgIpc) is 2.94. The molecule has 118 valence electrons. The SMILES string of the molecule is O=C(CN1CSCC1=O)Oc1ccc(-c2ccc(Br)cc2)cc1. The molecule has 23 heavy (non-hydrogen) atoms. The number of benzene rings is 2. The Balaban J connectivity index is 1.62. The second-order valence-electron chi connectivity index (χ2n) is 5.07. The minimum absolute atomic E-state index is 0.000295. The first-order valence-electron chi connectivity index (χ1n) is 7.04. The van der Waals surface area contributed by atoms with Crippen LogP contribution in [0.2, 0.25) is 0 Å². The third kappa shape index (κ3) is 4.14. The molecule has 0 unspecified atom stereocenters. The van der Waals surface area contributed by atoms with Crippen LogP contribution in [0.1, 0.15) is 0 Å². The number of halogens is 1. The molecule has 1 amide bonds. The van der Waals surface area contributed by atoms with Crippen molar-refractivity contribution in [1.29, 1.82) is 0 Å². The fourth-order valence-electron chi connectivity index (χ4n) is 2.22. The molecule has 0 atom stereocenters. The number of amides is 1. The smallest absolute Gasteiger partial charge is 0.331 e. The van der Waals surface area contributed by atoms with Gasteiger partial charge in [-0.05, 0) is 35.4 Å². The summed E-state index contributed by atoms with van der Waals surface area (Å²) in [7, 11) is 0. The van der Waals surface area contributed by atoms with Crippen LogP contribution in [0.25, 0.3) is 11.1 Å². The number of rotatable bonds is 4. The van der Waals surface area contributed by atoms with Gasteiger partial charge in [-0.3, -0.25) is 4.79 Å². The predicted molar refractivity (Wildman–Crippen MR) is 94.3 cm³/mol. The quantitative estimate of drug-likeness (QED) is 0.590. The molecule has 0 bridgehead atoms. The lowest BCUT2D eigenvalue weighted by Crippen LogP contribution is -2.33. The Hall–Kier alpha value is -1.79. The van der Waals surface area contributed by atoms with Gasteiger partial charge >= 0.3 is 5.97 Å². The van der Waals surface area contributed by atoms with Gasteiger partial charge in [-0.1, -0.05) is 40.2 Å². The van der Waals surface area contributed by atoms with Crippen LogP contribution < -0.4 is 4.74 Å². The summed E-state index contributed by atoms with van der Waals surface area (Å²) in [6.45, 7) is 0.000295. The zero-order valence-electron chi connectivity index (χ0n) is 12.2. The van der Waals surface area contributed by atoms with Crippen molar-refractivity contribution in [2.45, 2.75) is 0 Å². The summed E-state index contributed by atoms with van der Waals surface area (Å²) >= 11 is 4.91. The Morgan fingerprint density at radius 2 is 1.70 bits per heavy atom. The van der Waals surface area contributed by atoms with Gasteiger partial charge in [0.15, 0.2) is 0 Å². The summed E-state index contributed by atoms with van der Waals surface area (Å²) in [4.78, 5) is 24.9. The van der Waals surface area contributed by atoms with Crippen LogP contribution in [-0.4, -0.2) is 35.0 Å². The lowest BCUT2D eigenvalue weighted by Gasteiger charge is -2.13. The van der Waals surface area contributed by atoms with Crippen molar-refractivity contribution in [2.24, 2.45) is 0 Å². The van der Waals surface area contributed by atoms with Gasteiger partial charge in [0, 0.05) is 4.47 Å². The van der Waals surface area contributed by atoms with Gasteiger partial charge in [0.25, 0.3) is 0 Å². The number of hydrogen-bond donors (Lipinski definition) is 0. The normalized spacial score (nSPS) is 14.1. The highest BCUT2D eigenvalue weighted by atomic mass is 79.9. The minimum atomic E-state index is -0.419. The van der Waals surface area contributed by atoms with E-state index in [2.05, 4.69) is 15.9 Å². The number of thioether (sulfide) groups is 1. The van der Waals surface area contributed by atoms with Crippen molar-refractivity contribution in [3.8, 4) is 16.9 Å². The van der Waals surface area contributed by atoms with Crippen molar-refractivity contribution in [3.63, 3.8) is 0 Å². The molecule has 3 rings (SSSR count). The summed E-state index contributed by atoms with van der Waals surface area (Å²) in [6, 6.07) is 15.3. The van der Waals surface area contributed by atoms with Crippen LogP contribution in [0.4, 0.5) is 0 Å². The second-order valence-corrected chi connectivity index (χ2v) is 6.95. The molecule has 1 aliphatic rings. The molecular formula is C17H14BrNO3S. The maximum absolute atomic E-state index is 11.9. The highest BCUT2D eigenvalue weighted by Gasteiger charge is 2.23. The minimum Gasteiger partial charge on any atom is -0.425 e. The Bertz CT molecular complexity index is 716. The van der Waals surface area contributed by atoms with E-state index >= 15 is 0 Å². The van der Waals surface area contributed by atoms with E-state index in [9.17, 15) is 9.59 Å². The lowest BCUT2D eigenvalue weighted by atomic mass is 10.1.